The van der Waals surface area contributed by atoms with Gasteiger partial charge in [0.1, 0.15) is 23.3 Å². The summed E-state index contributed by atoms with van der Waals surface area (Å²) in [7, 11) is 1.58. The summed E-state index contributed by atoms with van der Waals surface area (Å²) in [4.78, 5) is 31.1. The Morgan fingerprint density at radius 3 is 2.80 bits per heavy atom. The third kappa shape index (κ3) is 4.59. The van der Waals surface area contributed by atoms with Crippen molar-refractivity contribution < 1.29 is 19.4 Å². The largest absolute Gasteiger partial charge is 0.497 e. The predicted octanol–water partition coefficient (Wildman–Crippen LogP) is 2.77. The van der Waals surface area contributed by atoms with Gasteiger partial charge in [0.15, 0.2) is 0 Å². The fourth-order valence-corrected chi connectivity index (χ4v) is 2.48. The molecule has 25 heavy (non-hydrogen) atoms. The number of aromatic amines is 1. The minimum Gasteiger partial charge on any atom is -0.497 e. The highest BCUT2D eigenvalue weighted by atomic mass is 16.5. The molecular weight excluding hydrogens is 322 g/mol. The molecule has 0 fully saturated rings. The van der Waals surface area contributed by atoms with Crippen LogP contribution in [0.5, 0.6) is 5.75 Å². The van der Waals surface area contributed by atoms with Gasteiger partial charge < -0.3 is 20.1 Å². The number of hydrogen-bond donors (Lipinski definition) is 3. The van der Waals surface area contributed by atoms with Gasteiger partial charge in [-0.15, -0.1) is 0 Å². The van der Waals surface area contributed by atoms with E-state index in [1.165, 1.54) is 0 Å². The summed E-state index contributed by atoms with van der Waals surface area (Å²) in [5.41, 5.74) is 1.55. The fourth-order valence-electron chi connectivity index (χ4n) is 2.48. The van der Waals surface area contributed by atoms with E-state index in [1.54, 1.807) is 20.1 Å². The second-order valence-electron chi connectivity index (χ2n) is 5.80. The van der Waals surface area contributed by atoms with Crippen LogP contribution in [-0.2, 0) is 4.79 Å². The predicted molar refractivity (Wildman–Crippen MR) is 93.7 cm³/mol. The van der Waals surface area contributed by atoms with Gasteiger partial charge in [0.25, 0.3) is 5.91 Å². The molecule has 2 aromatic rings. The first-order valence-corrected chi connectivity index (χ1v) is 8.21. The number of ether oxygens (including phenoxy) is 1. The molecule has 134 valence electrons. The van der Waals surface area contributed by atoms with Crippen LogP contribution in [0.1, 0.15) is 42.4 Å². The highest BCUT2D eigenvalue weighted by Gasteiger charge is 2.23. The molecule has 0 saturated heterocycles. The van der Waals surface area contributed by atoms with Gasteiger partial charge in [0.2, 0.25) is 0 Å². The van der Waals surface area contributed by atoms with E-state index in [0.29, 0.717) is 23.7 Å². The number of carbonyl (C=O) groups excluding carboxylic acids is 1. The summed E-state index contributed by atoms with van der Waals surface area (Å²) in [5.74, 6) is -0.320. The van der Waals surface area contributed by atoms with Crippen LogP contribution in [0.3, 0.4) is 0 Å². The standard InChI is InChI=1S/C18H23N3O4/c1-4-5-9-14(18(23)24)20-17(22)15-11(2)19-16(21-15)12-7-6-8-13(10-12)25-3/h6-8,10,14H,4-5,9H2,1-3H3,(H,19,21)(H,20,22)(H,23,24). The van der Waals surface area contributed by atoms with Crippen molar-refractivity contribution in [3.05, 3.63) is 35.7 Å². The van der Waals surface area contributed by atoms with E-state index in [4.69, 9.17) is 4.74 Å². The van der Waals surface area contributed by atoms with Crippen molar-refractivity contribution in [1.29, 1.82) is 0 Å². The summed E-state index contributed by atoms with van der Waals surface area (Å²) in [6.07, 6.45) is 1.98. The number of H-pyrrole nitrogens is 1. The number of carbonyl (C=O) groups is 2. The molecule has 0 spiro atoms. The maximum atomic E-state index is 12.4. The maximum Gasteiger partial charge on any atom is 0.326 e. The maximum absolute atomic E-state index is 12.4. The minimum absolute atomic E-state index is 0.195. The molecule has 0 aliphatic rings. The van der Waals surface area contributed by atoms with Crippen LogP contribution in [0.4, 0.5) is 0 Å². The summed E-state index contributed by atoms with van der Waals surface area (Å²) in [6, 6.07) is 6.39. The number of unbranched alkanes of at least 4 members (excludes halogenated alkanes) is 1. The van der Waals surface area contributed by atoms with Crippen LogP contribution in [0.2, 0.25) is 0 Å². The van der Waals surface area contributed by atoms with Crippen LogP contribution in [0.25, 0.3) is 11.4 Å². The zero-order chi connectivity index (χ0) is 18.4. The Morgan fingerprint density at radius 1 is 1.40 bits per heavy atom. The number of rotatable bonds is 8. The monoisotopic (exact) mass is 345 g/mol. The summed E-state index contributed by atoms with van der Waals surface area (Å²) >= 11 is 0. The smallest absolute Gasteiger partial charge is 0.326 e. The van der Waals surface area contributed by atoms with Gasteiger partial charge in [-0.25, -0.2) is 9.78 Å². The zero-order valence-corrected chi connectivity index (χ0v) is 14.6. The highest BCUT2D eigenvalue weighted by molar-refractivity contribution is 5.96. The molecule has 1 aromatic heterocycles. The number of aliphatic carboxylic acids is 1. The van der Waals surface area contributed by atoms with E-state index in [-0.39, 0.29) is 5.69 Å². The van der Waals surface area contributed by atoms with Crippen molar-refractivity contribution >= 4 is 11.9 Å². The lowest BCUT2D eigenvalue weighted by molar-refractivity contribution is -0.139. The third-order valence-corrected chi connectivity index (χ3v) is 3.89. The van der Waals surface area contributed by atoms with Gasteiger partial charge in [0.05, 0.1) is 7.11 Å². The first-order valence-electron chi connectivity index (χ1n) is 8.21. The first-order chi connectivity index (χ1) is 12.0. The average Bonchev–Trinajstić information content (AvgIpc) is 3.00. The number of carboxylic acid groups (broad SMARTS) is 1. The van der Waals surface area contributed by atoms with E-state index < -0.39 is 17.9 Å². The number of carboxylic acids is 1. The molecule has 7 nitrogen and oxygen atoms in total. The highest BCUT2D eigenvalue weighted by Crippen LogP contribution is 2.22. The average molecular weight is 345 g/mol. The Hall–Kier alpha value is -2.83. The molecule has 2 rings (SSSR count). The van der Waals surface area contributed by atoms with E-state index in [0.717, 1.165) is 18.4 Å². The summed E-state index contributed by atoms with van der Waals surface area (Å²) in [5, 5.41) is 11.8. The molecule has 7 heteroatoms. The molecule has 0 aliphatic heterocycles. The minimum atomic E-state index is -1.04. The number of amides is 1. The van der Waals surface area contributed by atoms with Gasteiger partial charge in [0, 0.05) is 11.3 Å². The SMILES string of the molecule is CCCCC(NC(=O)c1nc(-c2cccc(OC)c2)[nH]c1C)C(=O)O. The van der Waals surface area contributed by atoms with Gasteiger partial charge in [-0.3, -0.25) is 4.79 Å². The van der Waals surface area contributed by atoms with E-state index in [1.807, 2.05) is 25.1 Å². The number of benzene rings is 1. The molecule has 3 N–H and O–H groups in total. The molecule has 0 aliphatic carbocycles. The summed E-state index contributed by atoms with van der Waals surface area (Å²) in [6.45, 7) is 3.70. The van der Waals surface area contributed by atoms with Gasteiger partial charge >= 0.3 is 5.97 Å². The lowest BCUT2D eigenvalue weighted by Gasteiger charge is -2.13. The van der Waals surface area contributed by atoms with Crippen LogP contribution in [0, 0.1) is 6.92 Å². The lowest BCUT2D eigenvalue weighted by Crippen LogP contribution is -2.41. The number of nitrogens with zero attached hydrogens (tertiary/aromatic N) is 1. The Bertz CT molecular complexity index is 755. The van der Waals surface area contributed by atoms with E-state index in [2.05, 4.69) is 15.3 Å². The second-order valence-corrected chi connectivity index (χ2v) is 5.80. The lowest BCUT2D eigenvalue weighted by atomic mass is 10.1. The van der Waals surface area contributed by atoms with Crippen molar-refractivity contribution in [3.63, 3.8) is 0 Å². The first kappa shape index (κ1) is 18.5. The molecule has 1 amide bonds. The van der Waals surface area contributed by atoms with Crippen molar-refractivity contribution in [3.8, 4) is 17.1 Å². The van der Waals surface area contributed by atoms with Gasteiger partial charge in [-0.1, -0.05) is 31.9 Å². The summed E-state index contributed by atoms with van der Waals surface area (Å²) < 4.78 is 5.19. The van der Waals surface area contributed by atoms with Crippen LogP contribution >= 0.6 is 0 Å². The Kier molecular flexibility index (Phi) is 6.16. The molecule has 1 heterocycles. The topological polar surface area (TPSA) is 104 Å². The number of hydrogen-bond acceptors (Lipinski definition) is 4. The molecule has 0 radical (unpaired) electrons. The third-order valence-electron chi connectivity index (χ3n) is 3.89. The van der Waals surface area contributed by atoms with Crippen LogP contribution in [-0.4, -0.2) is 40.1 Å². The quantitative estimate of drug-likeness (QED) is 0.682. The van der Waals surface area contributed by atoms with Gasteiger partial charge in [-0.2, -0.15) is 0 Å². The number of imidazole rings is 1. The fraction of sp³-hybridized carbons (Fsp3) is 0.389. The van der Waals surface area contributed by atoms with Crippen molar-refractivity contribution in [2.45, 2.75) is 39.2 Å². The van der Waals surface area contributed by atoms with Crippen LogP contribution < -0.4 is 10.1 Å². The Balaban J connectivity index is 2.20. The number of aromatic nitrogens is 2. The number of aryl methyl sites for hydroxylation is 1. The van der Waals surface area contributed by atoms with Crippen molar-refractivity contribution in [2.75, 3.05) is 7.11 Å². The number of methoxy groups -OCH3 is 1. The van der Waals surface area contributed by atoms with Crippen molar-refractivity contribution in [2.24, 2.45) is 0 Å². The molecular formula is C18H23N3O4. The van der Waals surface area contributed by atoms with E-state index >= 15 is 0 Å². The Morgan fingerprint density at radius 2 is 2.16 bits per heavy atom. The molecule has 1 aromatic carbocycles. The van der Waals surface area contributed by atoms with Crippen molar-refractivity contribution in [1.82, 2.24) is 15.3 Å². The zero-order valence-electron chi connectivity index (χ0n) is 14.6. The second kappa shape index (κ2) is 8.32. The Labute approximate surface area is 146 Å². The van der Waals surface area contributed by atoms with Crippen LogP contribution in [0.15, 0.2) is 24.3 Å². The molecule has 0 saturated carbocycles. The molecule has 1 atom stereocenters. The normalized spacial score (nSPS) is 11.8. The molecule has 1 unspecified atom stereocenters. The van der Waals surface area contributed by atoms with E-state index in [9.17, 15) is 14.7 Å². The van der Waals surface area contributed by atoms with Gasteiger partial charge in [-0.05, 0) is 25.5 Å². The molecule has 0 bridgehead atoms. The number of nitrogens with one attached hydrogen (secondary N) is 2.